The Morgan fingerprint density at radius 3 is 2.62 bits per heavy atom. The Morgan fingerprint density at radius 1 is 1.21 bits per heavy atom. The van der Waals surface area contributed by atoms with Crippen LogP contribution >= 0.6 is 0 Å². The van der Waals surface area contributed by atoms with Crippen LogP contribution in [0, 0.1) is 5.41 Å². The third-order valence-electron chi connectivity index (χ3n) is 5.87. The summed E-state index contributed by atoms with van der Waals surface area (Å²) in [5, 5.41) is 30.6. The summed E-state index contributed by atoms with van der Waals surface area (Å²) in [5.41, 5.74) is 0.869. The fraction of sp³-hybridized carbons (Fsp3) is 0.435. The van der Waals surface area contributed by atoms with Crippen LogP contribution in [0.2, 0.25) is 0 Å². The van der Waals surface area contributed by atoms with Crippen LogP contribution in [0.5, 0.6) is 11.5 Å². The van der Waals surface area contributed by atoms with Gasteiger partial charge in [-0.05, 0) is 48.9 Å². The number of aliphatic hydroxyl groups excluding tert-OH is 1. The molecular formula is C23H29NO5. The van der Waals surface area contributed by atoms with Crippen molar-refractivity contribution in [1.29, 1.82) is 0 Å². The van der Waals surface area contributed by atoms with E-state index in [-0.39, 0.29) is 12.3 Å². The van der Waals surface area contributed by atoms with E-state index in [1.54, 1.807) is 12.1 Å². The Bertz CT molecular complexity index is 825. The number of benzene rings is 2. The summed E-state index contributed by atoms with van der Waals surface area (Å²) in [6.45, 7) is 1.41. The number of carboxylic acid groups (broad SMARTS) is 1. The predicted molar refractivity (Wildman–Crippen MR) is 110 cm³/mol. The van der Waals surface area contributed by atoms with Crippen LogP contribution in [0.25, 0.3) is 0 Å². The minimum Gasteiger partial charge on any atom is -0.504 e. The minimum absolute atomic E-state index is 0.0643. The maximum Gasteiger partial charge on any atom is 0.313 e. The number of rotatable bonds is 8. The fourth-order valence-corrected chi connectivity index (χ4v) is 4.21. The summed E-state index contributed by atoms with van der Waals surface area (Å²) in [5.74, 6) is -0.474. The van der Waals surface area contributed by atoms with Gasteiger partial charge in [-0.15, -0.1) is 0 Å². The summed E-state index contributed by atoms with van der Waals surface area (Å²) in [7, 11) is 1.50. The Kier molecular flexibility index (Phi) is 6.77. The molecule has 0 saturated carbocycles. The van der Waals surface area contributed by atoms with Crippen LogP contribution in [-0.2, 0) is 17.8 Å². The van der Waals surface area contributed by atoms with Crippen molar-refractivity contribution in [1.82, 2.24) is 4.90 Å². The van der Waals surface area contributed by atoms with Crippen molar-refractivity contribution >= 4 is 5.97 Å². The number of phenolic OH excluding ortho intramolecular Hbond substituents is 1. The quantitative estimate of drug-likeness (QED) is 0.632. The van der Waals surface area contributed by atoms with E-state index < -0.39 is 17.5 Å². The first-order valence-corrected chi connectivity index (χ1v) is 9.98. The number of methoxy groups -OCH3 is 1. The van der Waals surface area contributed by atoms with Gasteiger partial charge in [0.15, 0.2) is 11.5 Å². The number of carbonyl (C=O) groups is 1. The average molecular weight is 399 g/mol. The number of phenols is 1. The number of aliphatic hydroxyl groups is 1. The first-order valence-electron chi connectivity index (χ1n) is 9.98. The van der Waals surface area contributed by atoms with Crippen LogP contribution in [0.4, 0.5) is 0 Å². The van der Waals surface area contributed by atoms with Crippen molar-refractivity contribution in [2.75, 3.05) is 20.2 Å². The molecular weight excluding hydrogens is 370 g/mol. The lowest BCUT2D eigenvalue weighted by Crippen LogP contribution is -2.55. The zero-order chi connectivity index (χ0) is 20.9. The maximum atomic E-state index is 12.2. The van der Waals surface area contributed by atoms with E-state index in [1.807, 2.05) is 41.3 Å². The van der Waals surface area contributed by atoms with Gasteiger partial charge in [-0.25, -0.2) is 0 Å². The molecule has 3 N–H and O–H groups in total. The first-order chi connectivity index (χ1) is 13.9. The smallest absolute Gasteiger partial charge is 0.313 e. The number of piperidine rings is 1. The molecule has 0 radical (unpaired) electrons. The van der Waals surface area contributed by atoms with E-state index >= 15 is 0 Å². The summed E-state index contributed by atoms with van der Waals surface area (Å²) < 4.78 is 5.07. The van der Waals surface area contributed by atoms with Crippen LogP contribution < -0.4 is 4.74 Å². The Morgan fingerprint density at radius 2 is 1.97 bits per heavy atom. The van der Waals surface area contributed by atoms with Crippen LogP contribution in [0.3, 0.4) is 0 Å². The van der Waals surface area contributed by atoms with Crippen molar-refractivity contribution < 1.29 is 24.9 Å². The van der Waals surface area contributed by atoms with E-state index in [4.69, 9.17) is 4.74 Å². The molecule has 0 aliphatic carbocycles. The fourth-order valence-electron chi connectivity index (χ4n) is 4.21. The Balaban J connectivity index is 1.69. The molecule has 2 aromatic carbocycles. The third-order valence-corrected chi connectivity index (χ3v) is 5.87. The van der Waals surface area contributed by atoms with Gasteiger partial charge in [-0.2, -0.15) is 0 Å². The van der Waals surface area contributed by atoms with Crippen LogP contribution in [0.15, 0.2) is 48.5 Å². The number of hydrogen-bond donors (Lipinski definition) is 3. The number of aryl methyl sites for hydroxylation is 1. The second-order valence-electron chi connectivity index (χ2n) is 7.82. The van der Waals surface area contributed by atoms with E-state index in [2.05, 4.69) is 0 Å². The van der Waals surface area contributed by atoms with Crippen molar-refractivity contribution in [3.63, 3.8) is 0 Å². The normalized spacial score (nSPS) is 22.3. The molecule has 6 nitrogen and oxygen atoms in total. The predicted octanol–water partition coefficient (Wildman–Crippen LogP) is 3.06. The molecule has 1 aliphatic rings. The second-order valence-corrected chi connectivity index (χ2v) is 7.82. The monoisotopic (exact) mass is 399 g/mol. The number of likely N-dealkylation sites (tertiary alicyclic amines) is 1. The number of aromatic hydroxyl groups is 1. The lowest BCUT2D eigenvalue weighted by molar-refractivity contribution is -0.164. The van der Waals surface area contributed by atoms with Crippen LogP contribution in [0.1, 0.15) is 30.4 Å². The van der Waals surface area contributed by atoms with E-state index in [1.165, 1.54) is 12.7 Å². The second kappa shape index (κ2) is 9.29. The summed E-state index contributed by atoms with van der Waals surface area (Å²) in [6, 6.07) is 15.2. The molecule has 6 heteroatoms. The maximum absolute atomic E-state index is 12.2. The molecule has 0 bridgehead atoms. The highest BCUT2D eigenvalue weighted by molar-refractivity contribution is 5.76. The van der Waals surface area contributed by atoms with Crippen molar-refractivity contribution in [3.8, 4) is 11.5 Å². The molecule has 29 heavy (non-hydrogen) atoms. The number of aliphatic carboxylic acids is 1. The first kappa shape index (κ1) is 21.1. The largest absolute Gasteiger partial charge is 0.504 e. The van der Waals surface area contributed by atoms with Gasteiger partial charge in [0.25, 0.3) is 0 Å². The Labute approximate surface area is 171 Å². The van der Waals surface area contributed by atoms with E-state index in [0.717, 1.165) is 12.0 Å². The molecule has 2 atom stereocenters. The highest BCUT2D eigenvalue weighted by Gasteiger charge is 2.48. The lowest BCUT2D eigenvalue weighted by Gasteiger charge is -2.43. The minimum atomic E-state index is -1.18. The molecule has 2 aromatic rings. The molecule has 3 rings (SSSR count). The van der Waals surface area contributed by atoms with Gasteiger partial charge in [-0.1, -0.05) is 36.4 Å². The molecule has 1 fully saturated rings. The van der Waals surface area contributed by atoms with Gasteiger partial charge in [-0.3, -0.25) is 9.69 Å². The molecule has 156 valence electrons. The van der Waals surface area contributed by atoms with Gasteiger partial charge in [0, 0.05) is 19.6 Å². The van der Waals surface area contributed by atoms with Gasteiger partial charge in [0.2, 0.25) is 0 Å². The zero-order valence-electron chi connectivity index (χ0n) is 16.8. The molecule has 1 heterocycles. The standard InChI is InChI=1S/C23H29NO5/c1-29-20-10-9-18(14-19(20)25)15-24-13-11-21(26)23(16-24,22(27)28)12-5-8-17-6-3-2-4-7-17/h2-4,6-7,9-10,14,21,25-26H,5,8,11-13,15-16H2,1H3,(H,27,28)/t21-,23-/m1/s1. The number of hydrogen-bond acceptors (Lipinski definition) is 5. The molecule has 0 spiro atoms. The van der Waals surface area contributed by atoms with E-state index in [9.17, 15) is 20.1 Å². The highest BCUT2D eigenvalue weighted by atomic mass is 16.5. The Hall–Kier alpha value is -2.57. The number of carboxylic acids is 1. The third kappa shape index (κ3) is 4.89. The summed E-state index contributed by atoms with van der Waals surface area (Å²) >= 11 is 0. The van der Waals surface area contributed by atoms with Gasteiger partial charge < -0.3 is 20.1 Å². The lowest BCUT2D eigenvalue weighted by atomic mass is 9.73. The van der Waals surface area contributed by atoms with Crippen molar-refractivity contribution in [2.45, 2.75) is 38.3 Å². The van der Waals surface area contributed by atoms with Gasteiger partial charge >= 0.3 is 5.97 Å². The summed E-state index contributed by atoms with van der Waals surface area (Å²) in [4.78, 5) is 14.3. The molecule has 1 saturated heterocycles. The summed E-state index contributed by atoms with van der Waals surface area (Å²) in [6.07, 6.45) is 1.46. The highest BCUT2D eigenvalue weighted by Crippen LogP contribution is 2.37. The zero-order valence-corrected chi connectivity index (χ0v) is 16.8. The van der Waals surface area contributed by atoms with Crippen molar-refractivity contribution in [3.05, 3.63) is 59.7 Å². The molecule has 0 aromatic heterocycles. The van der Waals surface area contributed by atoms with Gasteiger partial charge in [0.05, 0.1) is 13.2 Å². The van der Waals surface area contributed by atoms with E-state index in [0.29, 0.717) is 38.1 Å². The number of nitrogens with zero attached hydrogens (tertiary/aromatic N) is 1. The number of ether oxygens (including phenoxy) is 1. The molecule has 0 amide bonds. The van der Waals surface area contributed by atoms with Crippen LogP contribution in [-0.4, -0.2) is 52.5 Å². The van der Waals surface area contributed by atoms with Gasteiger partial charge in [0.1, 0.15) is 5.41 Å². The SMILES string of the molecule is COc1ccc(CN2CC[C@@H](O)[C@](CCCc3ccccc3)(C(=O)O)C2)cc1O. The topological polar surface area (TPSA) is 90.2 Å². The molecule has 1 aliphatic heterocycles. The van der Waals surface area contributed by atoms with Crippen molar-refractivity contribution in [2.24, 2.45) is 5.41 Å². The molecule has 0 unspecified atom stereocenters. The average Bonchev–Trinajstić information content (AvgIpc) is 2.71.